The van der Waals surface area contributed by atoms with Crippen LogP contribution in [-0.4, -0.2) is 105 Å². The van der Waals surface area contributed by atoms with Gasteiger partial charge in [0.2, 0.25) is 0 Å². The Labute approximate surface area is 288 Å². The molecule has 3 aromatic rings. The summed E-state index contributed by atoms with van der Waals surface area (Å²) >= 11 is 0. The van der Waals surface area contributed by atoms with Gasteiger partial charge < -0.3 is 23.8 Å². The molecule has 0 radical (unpaired) electrons. The van der Waals surface area contributed by atoms with Gasteiger partial charge in [-0.05, 0) is 67.1 Å². The van der Waals surface area contributed by atoms with Crippen LogP contribution in [0.15, 0.2) is 36.4 Å². The van der Waals surface area contributed by atoms with Gasteiger partial charge in [-0.1, -0.05) is 32.3 Å². The van der Waals surface area contributed by atoms with Crippen molar-refractivity contribution < 1.29 is 32.3 Å². The standard InChI is InChI=1S/C36H47N5O7S/c1-22-29-18-25(47-6)14-16-27(29)32-31(23-11-9-8-10-12-23)28-15-13-24(33(42)37-49(45,46)38(3)4)17-30(28)41(32)21-36(22,2)39(5)34(43)35(44)40-19-26(20-40)48-7/h13-18,22-23,26H,8-12,19-21H2,1-7H3,(H,37,42). The first-order valence-electron chi connectivity index (χ1n) is 16.9. The van der Waals surface area contributed by atoms with Crippen molar-refractivity contribution in [2.45, 2.75) is 76.0 Å². The van der Waals surface area contributed by atoms with E-state index in [1.54, 1.807) is 38.3 Å². The molecule has 2 atom stereocenters. The van der Waals surface area contributed by atoms with E-state index in [9.17, 15) is 22.8 Å². The minimum atomic E-state index is -4.02. The number of carbonyl (C=O) groups excluding carboxylic acids is 3. The first-order chi connectivity index (χ1) is 23.2. The fraction of sp³-hybridized carbons (Fsp3) is 0.528. The van der Waals surface area contributed by atoms with Gasteiger partial charge in [-0.3, -0.25) is 14.4 Å². The Balaban J connectivity index is 1.56. The fourth-order valence-electron chi connectivity index (χ4n) is 7.74. The van der Waals surface area contributed by atoms with Crippen LogP contribution in [0.25, 0.3) is 22.2 Å². The molecule has 1 saturated carbocycles. The summed E-state index contributed by atoms with van der Waals surface area (Å²) < 4.78 is 41.5. The number of amides is 3. The van der Waals surface area contributed by atoms with Gasteiger partial charge in [0.15, 0.2) is 0 Å². The highest BCUT2D eigenvalue weighted by Crippen LogP contribution is 2.51. The van der Waals surface area contributed by atoms with E-state index in [0.29, 0.717) is 25.4 Å². The zero-order valence-electron chi connectivity index (χ0n) is 29.4. The summed E-state index contributed by atoms with van der Waals surface area (Å²) in [5, 5.41) is 0.990. The van der Waals surface area contributed by atoms with Gasteiger partial charge in [-0.2, -0.15) is 12.7 Å². The highest BCUT2D eigenvalue weighted by molar-refractivity contribution is 7.87. The number of likely N-dealkylation sites (N-methyl/N-ethyl adjacent to an activating group) is 1. The number of hydrogen-bond acceptors (Lipinski definition) is 7. The van der Waals surface area contributed by atoms with E-state index < -0.39 is 33.5 Å². The molecule has 1 N–H and O–H groups in total. The quantitative estimate of drug-likeness (QED) is 0.369. The second-order valence-corrected chi connectivity index (χ2v) is 16.0. The van der Waals surface area contributed by atoms with Crippen molar-refractivity contribution in [3.63, 3.8) is 0 Å². The second kappa shape index (κ2) is 13.1. The lowest BCUT2D eigenvalue weighted by atomic mass is 9.77. The summed E-state index contributed by atoms with van der Waals surface area (Å²) in [7, 11) is 3.61. The van der Waals surface area contributed by atoms with Crippen LogP contribution in [-0.2, 0) is 31.1 Å². The fourth-order valence-corrected chi connectivity index (χ4v) is 8.27. The Morgan fingerprint density at radius 1 is 0.980 bits per heavy atom. The Kier molecular flexibility index (Phi) is 9.31. The molecular formula is C36H47N5O7S. The van der Waals surface area contributed by atoms with E-state index in [4.69, 9.17) is 9.47 Å². The van der Waals surface area contributed by atoms with Crippen LogP contribution >= 0.6 is 0 Å². The number of benzene rings is 2. The van der Waals surface area contributed by atoms with Crippen LogP contribution in [0.4, 0.5) is 0 Å². The summed E-state index contributed by atoms with van der Waals surface area (Å²) in [5.41, 5.74) is 4.28. The maximum absolute atomic E-state index is 14.0. The summed E-state index contributed by atoms with van der Waals surface area (Å²) in [4.78, 5) is 43.9. The SMILES string of the molecule is COc1ccc2c(c1)C(C)C(C)(N(C)C(=O)C(=O)N1CC(OC)C1)Cn1c-2c(C2CCCCC2)c2ccc(C(=O)NS(=O)(=O)N(C)C)cc21. The monoisotopic (exact) mass is 693 g/mol. The summed E-state index contributed by atoms with van der Waals surface area (Å²) in [6.07, 6.45) is 5.38. The largest absolute Gasteiger partial charge is 0.497 e. The lowest BCUT2D eigenvalue weighted by Gasteiger charge is -2.45. The molecule has 264 valence electrons. The van der Waals surface area contributed by atoms with Gasteiger partial charge in [0.25, 0.3) is 5.91 Å². The van der Waals surface area contributed by atoms with Crippen LogP contribution in [0.1, 0.15) is 79.3 Å². The molecule has 2 aliphatic heterocycles. The van der Waals surface area contributed by atoms with Gasteiger partial charge in [0.05, 0.1) is 24.4 Å². The van der Waals surface area contributed by atoms with Crippen LogP contribution in [0.2, 0.25) is 0 Å². The van der Waals surface area contributed by atoms with Crippen molar-refractivity contribution in [1.82, 2.24) is 23.4 Å². The molecule has 13 heteroatoms. The Morgan fingerprint density at radius 3 is 2.31 bits per heavy atom. The molecule has 1 aromatic heterocycles. The Morgan fingerprint density at radius 2 is 1.67 bits per heavy atom. The molecule has 2 aromatic carbocycles. The van der Waals surface area contributed by atoms with Crippen molar-refractivity contribution in [2.75, 3.05) is 48.5 Å². The van der Waals surface area contributed by atoms with Gasteiger partial charge >= 0.3 is 22.0 Å². The van der Waals surface area contributed by atoms with Crippen LogP contribution in [0.3, 0.4) is 0 Å². The Bertz CT molecular complexity index is 1910. The minimum Gasteiger partial charge on any atom is -0.497 e. The van der Waals surface area contributed by atoms with Crippen LogP contribution in [0, 0.1) is 0 Å². The molecule has 49 heavy (non-hydrogen) atoms. The van der Waals surface area contributed by atoms with Gasteiger partial charge in [-0.15, -0.1) is 0 Å². The maximum Gasteiger partial charge on any atom is 0.312 e. The summed E-state index contributed by atoms with van der Waals surface area (Å²) in [6, 6.07) is 11.4. The molecule has 0 spiro atoms. The van der Waals surface area contributed by atoms with Crippen molar-refractivity contribution in [2.24, 2.45) is 0 Å². The zero-order valence-corrected chi connectivity index (χ0v) is 30.2. The van der Waals surface area contributed by atoms with Gasteiger partial charge in [0, 0.05) is 75.8 Å². The number of hydrogen-bond donors (Lipinski definition) is 1. The molecule has 1 aliphatic carbocycles. The van der Waals surface area contributed by atoms with E-state index in [0.717, 1.165) is 57.7 Å². The smallest absolute Gasteiger partial charge is 0.312 e. The van der Waals surface area contributed by atoms with E-state index >= 15 is 0 Å². The van der Waals surface area contributed by atoms with Crippen molar-refractivity contribution in [1.29, 1.82) is 0 Å². The predicted octanol–water partition coefficient (Wildman–Crippen LogP) is 4.09. The summed E-state index contributed by atoms with van der Waals surface area (Å²) in [6.45, 7) is 5.14. The van der Waals surface area contributed by atoms with Crippen molar-refractivity contribution >= 4 is 38.8 Å². The van der Waals surface area contributed by atoms with E-state index in [1.165, 1.54) is 31.0 Å². The second-order valence-electron chi connectivity index (χ2n) is 14.1. The van der Waals surface area contributed by atoms with E-state index in [1.807, 2.05) is 25.1 Å². The molecule has 3 amide bonds. The first-order valence-corrected chi connectivity index (χ1v) is 18.3. The number of nitrogens with zero attached hydrogens (tertiary/aromatic N) is 4. The third kappa shape index (κ3) is 5.99. The predicted molar refractivity (Wildman–Crippen MR) is 187 cm³/mol. The highest BCUT2D eigenvalue weighted by atomic mass is 32.2. The first kappa shape index (κ1) is 34.9. The van der Waals surface area contributed by atoms with E-state index in [-0.39, 0.29) is 23.5 Å². The normalized spacial score (nSPS) is 21.5. The molecule has 12 nitrogen and oxygen atoms in total. The lowest BCUT2D eigenvalue weighted by Crippen LogP contribution is -2.61. The maximum atomic E-state index is 14.0. The molecule has 1 saturated heterocycles. The number of fused-ring (bicyclic) bond motifs is 5. The van der Waals surface area contributed by atoms with Crippen molar-refractivity contribution in [3.8, 4) is 17.0 Å². The molecule has 2 fully saturated rings. The third-order valence-corrected chi connectivity index (χ3v) is 12.6. The molecule has 3 heterocycles. The van der Waals surface area contributed by atoms with Gasteiger partial charge in [-0.25, -0.2) is 4.72 Å². The average Bonchev–Trinajstić information content (AvgIpc) is 3.34. The van der Waals surface area contributed by atoms with E-state index in [2.05, 4.69) is 22.3 Å². The number of ether oxygens (including phenoxy) is 2. The molecule has 2 unspecified atom stereocenters. The topological polar surface area (TPSA) is 130 Å². The van der Waals surface area contributed by atoms with Crippen LogP contribution < -0.4 is 9.46 Å². The zero-order chi connectivity index (χ0) is 35.4. The number of nitrogens with one attached hydrogen (secondary N) is 1. The number of aromatic nitrogens is 1. The minimum absolute atomic E-state index is 0.0834. The number of likely N-dealkylation sites (tertiary alicyclic amines) is 1. The lowest BCUT2D eigenvalue weighted by molar-refractivity contribution is -0.161. The average molecular weight is 694 g/mol. The molecule has 3 aliphatic rings. The number of carbonyl (C=O) groups is 3. The molecule has 0 bridgehead atoms. The Hall–Kier alpha value is -3.94. The highest BCUT2D eigenvalue weighted by Gasteiger charge is 2.47. The number of rotatable bonds is 7. The van der Waals surface area contributed by atoms with Crippen molar-refractivity contribution in [3.05, 3.63) is 53.1 Å². The van der Waals surface area contributed by atoms with Gasteiger partial charge in [0.1, 0.15) is 5.75 Å². The molecular weight excluding hydrogens is 646 g/mol. The molecule has 6 rings (SSSR count). The number of methoxy groups -OCH3 is 2. The third-order valence-electron chi connectivity index (χ3n) is 11.2. The summed E-state index contributed by atoms with van der Waals surface area (Å²) in [5.74, 6) is -1.18. The van der Waals surface area contributed by atoms with Crippen LogP contribution in [0.5, 0.6) is 5.75 Å².